The molecule has 1 aliphatic heterocycles. The van der Waals surface area contributed by atoms with Gasteiger partial charge in [0.05, 0.1) is 10.8 Å². The van der Waals surface area contributed by atoms with E-state index in [4.69, 9.17) is 4.74 Å². The lowest BCUT2D eigenvalue weighted by atomic mass is 9.65. The maximum Gasteiger partial charge on any atom is 0.132 e. The van der Waals surface area contributed by atoms with E-state index in [1.54, 1.807) is 0 Å². The molecular formula is C58H34O. The zero-order valence-electron chi connectivity index (χ0n) is 32.0. The van der Waals surface area contributed by atoms with Crippen LogP contribution in [0.25, 0.3) is 66.1 Å². The van der Waals surface area contributed by atoms with Crippen molar-refractivity contribution in [2.24, 2.45) is 0 Å². The summed E-state index contributed by atoms with van der Waals surface area (Å²) in [5.74, 6) is 1.82. The second-order valence-electron chi connectivity index (χ2n) is 16.6. The van der Waals surface area contributed by atoms with E-state index in [0.29, 0.717) is 0 Å². The van der Waals surface area contributed by atoms with Crippen molar-refractivity contribution in [2.45, 2.75) is 10.8 Å². The fourth-order valence-electron chi connectivity index (χ4n) is 12.0. The average Bonchev–Trinajstić information content (AvgIpc) is 3.90. The minimum atomic E-state index is -0.523. The summed E-state index contributed by atoms with van der Waals surface area (Å²) in [4.78, 5) is 0. The van der Waals surface area contributed by atoms with Crippen molar-refractivity contribution in [1.29, 1.82) is 0 Å². The molecule has 0 fully saturated rings. The lowest BCUT2D eigenvalue weighted by molar-refractivity contribution is 0.436. The van der Waals surface area contributed by atoms with E-state index in [0.717, 1.165) is 11.5 Å². The summed E-state index contributed by atoms with van der Waals surface area (Å²) in [6, 6.07) is 77.2. The van der Waals surface area contributed by atoms with Crippen molar-refractivity contribution in [3.8, 4) is 56.0 Å². The van der Waals surface area contributed by atoms with Crippen molar-refractivity contribution >= 4 is 21.5 Å². The highest BCUT2D eigenvalue weighted by Crippen LogP contribution is 2.66. The summed E-state index contributed by atoms with van der Waals surface area (Å²) >= 11 is 0. The van der Waals surface area contributed by atoms with E-state index in [-0.39, 0.29) is 0 Å². The van der Waals surface area contributed by atoms with E-state index in [9.17, 15) is 0 Å². The first kappa shape index (κ1) is 31.6. The molecule has 0 N–H and O–H groups in total. The standard InChI is InChI=1S/C58H34O/c1-3-20-43-37(15-1)38-16-2-4-21-44(38)56-55(43)45-22-8-12-26-49(45)58(56)48-25-11-7-19-41(48)42-31-29-35(33-51(42)58)36-30-32-54-52(34-36)57(50-27-13-14-28-53(50)59-54)46-23-9-5-17-39(46)40-18-6-10-24-47(40)57/h1-34H. The molecule has 59 heavy (non-hydrogen) atoms. The molecule has 0 bridgehead atoms. The van der Waals surface area contributed by atoms with Crippen LogP contribution >= 0.6 is 0 Å². The molecule has 1 atom stereocenters. The Morgan fingerprint density at radius 1 is 0.271 bits per heavy atom. The van der Waals surface area contributed by atoms with Crippen LogP contribution in [0.4, 0.5) is 0 Å². The molecule has 10 aromatic carbocycles. The Balaban J connectivity index is 1.07. The average molecular weight is 747 g/mol. The second-order valence-corrected chi connectivity index (χ2v) is 16.6. The number of hydrogen-bond acceptors (Lipinski definition) is 1. The highest BCUT2D eigenvalue weighted by atomic mass is 16.5. The fraction of sp³-hybridized carbons (Fsp3) is 0.0345. The Hall–Kier alpha value is -7.48. The summed E-state index contributed by atoms with van der Waals surface area (Å²) in [6.45, 7) is 0. The summed E-state index contributed by atoms with van der Waals surface area (Å²) in [5.41, 5.74) is 19.6. The Labute approximate surface area is 342 Å². The molecule has 10 aromatic rings. The largest absolute Gasteiger partial charge is 0.457 e. The van der Waals surface area contributed by atoms with Gasteiger partial charge in [-0.1, -0.05) is 182 Å². The Morgan fingerprint density at radius 3 is 1.36 bits per heavy atom. The maximum absolute atomic E-state index is 6.83. The Morgan fingerprint density at radius 2 is 0.695 bits per heavy atom. The van der Waals surface area contributed by atoms with E-state index in [2.05, 4.69) is 206 Å². The number of hydrogen-bond donors (Lipinski definition) is 0. The Bertz CT molecular complexity index is 3450. The van der Waals surface area contributed by atoms with Crippen LogP contribution in [0.1, 0.15) is 44.5 Å². The molecule has 14 rings (SSSR count). The third-order valence-electron chi connectivity index (χ3n) is 14.1. The SMILES string of the molecule is c1ccc2c(c1)Oc1ccc(-c3ccc4c(c3)C3(c5ccccc5-4)c4ccccc4-c4c3c3ccccc3c3ccccc43)cc1C21c2ccccc2-c2ccccc21. The van der Waals surface area contributed by atoms with Gasteiger partial charge in [0.25, 0.3) is 0 Å². The molecule has 1 unspecified atom stereocenters. The number of fused-ring (bicyclic) bond motifs is 24. The lowest BCUT2D eigenvalue weighted by Crippen LogP contribution is -2.32. The highest BCUT2D eigenvalue weighted by molar-refractivity contribution is 6.20. The van der Waals surface area contributed by atoms with Gasteiger partial charge in [-0.05, 0) is 124 Å². The van der Waals surface area contributed by atoms with Gasteiger partial charge in [-0.15, -0.1) is 0 Å². The lowest BCUT2D eigenvalue weighted by Gasteiger charge is -2.39. The quantitative estimate of drug-likeness (QED) is 0.152. The van der Waals surface area contributed by atoms with Gasteiger partial charge in [-0.25, -0.2) is 0 Å². The van der Waals surface area contributed by atoms with Gasteiger partial charge >= 0.3 is 0 Å². The first-order valence-electron chi connectivity index (χ1n) is 20.7. The van der Waals surface area contributed by atoms with Crippen molar-refractivity contribution in [2.75, 3.05) is 0 Å². The summed E-state index contributed by atoms with van der Waals surface area (Å²) in [6.07, 6.45) is 0. The van der Waals surface area contributed by atoms with E-state index in [1.165, 1.54) is 111 Å². The molecule has 4 aliphatic rings. The van der Waals surface area contributed by atoms with Crippen LogP contribution in [0.3, 0.4) is 0 Å². The van der Waals surface area contributed by atoms with Crippen molar-refractivity contribution < 1.29 is 4.74 Å². The molecule has 3 aliphatic carbocycles. The molecule has 0 aromatic heterocycles. The van der Waals surface area contributed by atoms with E-state index < -0.39 is 10.8 Å². The smallest absolute Gasteiger partial charge is 0.132 e. The normalized spacial score (nSPS) is 16.5. The van der Waals surface area contributed by atoms with Crippen LogP contribution in [0, 0.1) is 0 Å². The summed E-state index contributed by atoms with van der Waals surface area (Å²) < 4.78 is 6.83. The van der Waals surface area contributed by atoms with Crippen LogP contribution in [-0.2, 0) is 10.8 Å². The second kappa shape index (κ2) is 11.1. The minimum absolute atomic E-state index is 0.502. The summed E-state index contributed by atoms with van der Waals surface area (Å²) in [5, 5.41) is 5.23. The predicted octanol–water partition coefficient (Wildman–Crippen LogP) is 14.5. The topological polar surface area (TPSA) is 9.23 Å². The van der Waals surface area contributed by atoms with E-state index in [1.807, 2.05) is 0 Å². The molecule has 0 radical (unpaired) electrons. The monoisotopic (exact) mass is 746 g/mol. The van der Waals surface area contributed by atoms with E-state index >= 15 is 0 Å². The van der Waals surface area contributed by atoms with Gasteiger partial charge < -0.3 is 4.74 Å². The fourth-order valence-corrected chi connectivity index (χ4v) is 12.0. The third-order valence-corrected chi connectivity index (χ3v) is 14.1. The van der Waals surface area contributed by atoms with Crippen molar-refractivity contribution in [3.05, 3.63) is 251 Å². The number of ether oxygens (including phenoxy) is 1. The molecule has 2 spiro atoms. The van der Waals surface area contributed by atoms with Crippen molar-refractivity contribution in [1.82, 2.24) is 0 Å². The van der Waals surface area contributed by atoms with Crippen LogP contribution < -0.4 is 4.74 Å². The molecule has 1 heteroatoms. The van der Waals surface area contributed by atoms with Crippen LogP contribution in [-0.4, -0.2) is 0 Å². The first-order chi connectivity index (χ1) is 29.3. The molecule has 0 amide bonds. The van der Waals surface area contributed by atoms with Gasteiger partial charge in [0.2, 0.25) is 0 Å². The first-order valence-corrected chi connectivity index (χ1v) is 20.7. The van der Waals surface area contributed by atoms with Crippen LogP contribution in [0.2, 0.25) is 0 Å². The number of para-hydroxylation sites is 1. The van der Waals surface area contributed by atoms with Crippen molar-refractivity contribution in [3.63, 3.8) is 0 Å². The van der Waals surface area contributed by atoms with Crippen LogP contribution in [0.5, 0.6) is 11.5 Å². The molecular weight excluding hydrogens is 713 g/mol. The van der Waals surface area contributed by atoms with Gasteiger partial charge in [0.1, 0.15) is 11.5 Å². The summed E-state index contributed by atoms with van der Waals surface area (Å²) in [7, 11) is 0. The number of benzene rings is 10. The highest BCUT2D eigenvalue weighted by Gasteiger charge is 2.54. The number of rotatable bonds is 1. The predicted molar refractivity (Wildman–Crippen MR) is 241 cm³/mol. The molecule has 272 valence electrons. The van der Waals surface area contributed by atoms with Crippen LogP contribution in [0.15, 0.2) is 206 Å². The molecule has 0 saturated carbocycles. The van der Waals surface area contributed by atoms with Gasteiger partial charge in [0.15, 0.2) is 0 Å². The third kappa shape index (κ3) is 3.69. The molecule has 1 heterocycles. The molecule has 1 nitrogen and oxygen atoms in total. The van der Waals surface area contributed by atoms with Gasteiger partial charge in [-0.3, -0.25) is 0 Å². The zero-order valence-corrected chi connectivity index (χ0v) is 32.0. The Kier molecular flexibility index (Phi) is 5.96. The molecule has 0 saturated heterocycles. The minimum Gasteiger partial charge on any atom is -0.457 e. The zero-order chi connectivity index (χ0) is 38.5. The van der Waals surface area contributed by atoms with Gasteiger partial charge in [-0.2, -0.15) is 0 Å². The maximum atomic E-state index is 6.83. The van der Waals surface area contributed by atoms with Gasteiger partial charge in [0, 0.05) is 11.1 Å².